The van der Waals surface area contributed by atoms with Crippen LogP contribution in [0.1, 0.15) is 46.1 Å². The van der Waals surface area contributed by atoms with E-state index >= 15 is 0 Å². The summed E-state index contributed by atoms with van der Waals surface area (Å²) in [5.74, 6) is 1.65. The minimum absolute atomic E-state index is 0.309. The summed E-state index contributed by atoms with van der Waals surface area (Å²) in [6, 6.07) is 6.47. The summed E-state index contributed by atoms with van der Waals surface area (Å²) in [6.45, 7) is 9.61. The number of unbranched alkanes of at least 4 members (excludes halogenated alkanes) is 1. The van der Waals surface area contributed by atoms with Gasteiger partial charge in [-0.15, -0.1) is 0 Å². The van der Waals surface area contributed by atoms with Gasteiger partial charge in [0.05, 0.1) is 0 Å². The molecule has 0 aliphatic carbocycles. The molecule has 2 N–H and O–H groups in total. The third-order valence-electron chi connectivity index (χ3n) is 3.74. The van der Waals surface area contributed by atoms with Crippen molar-refractivity contribution in [2.75, 3.05) is 19.9 Å². The van der Waals surface area contributed by atoms with Crippen LogP contribution in [0.15, 0.2) is 18.2 Å². The second-order valence-corrected chi connectivity index (χ2v) is 7.38. The number of carbonyl (C=O) groups is 1. The summed E-state index contributed by atoms with van der Waals surface area (Å²) in [5.41, 5.74) is 0.784. The molecule has 0 aromatic heterocycles. The number of nitrogens with one attached hydrogen (secondary N) is 2. The zero-order valence-corrected chi connectivity index (χ0v) is 15.7. The van der Waals surface area contributed by atoms with Gasteiger partial charge in [0.2, 0.25) is 6.79 Å². The lowest BCUT2D eigenvalue weighted by Gasteiger charge is -2.19. The molecule has 6 heteroatoms. The van der Waals surface area contributed by atoms with Crippen molar-refractivity contribution in [3.05, 3.63) is 23.8 Å². The number of fused-ring (bicyclic) bond motifs is 1. The van der Waals surface area contributed by atoms with Crippen LogP contribution >= 0.6 is 0 Å². The number of hydrogen-bond donors (Lipinski definition) is 2. The molecule has 1 aromatic carbocycles. The molecule has 0 spiro atoms. The van der Waals surface area contributed by atoms with Gasteiger partial charge in [-0.2, -0.15) is 0 Å². The monoisotopic (exact) mass is 350 g/mol. The van der Waals surface area contributed by atoms with Gasteiger partial charge in [0.1, 0.15) is 5.60 Å². The Morgan fingerprint density at radius 2 is 1.92 bits per heavy atom. The first-order chi connectivity index (χ1) is 11.8. The van der Waals surface area contributed by atoms with Crippen LogP contribution in [0.2, 0.25) is 0 Å². The third kappa shape index (κ3) is 7.22. The van der Waals surface area contributed by atoms with Crippen LogP contribution in [0.5, 0.6) is 11.5 Å². The van der Waals surface area contributed by atoms with E-state index in [-0.39, 0.29) is 6.09 Å². The highest BCUT2D eigenvalue weighted by Crippen LogP contribution is 2.32. The Balaban J connectivity index is 1.55. The average Bonchev–Trinajstić information content (AvgIpc) is 2.96. The Bertz CT molecular complexity index is 569. The molecular weight excluding hydrogens is 320 g/mol. The first kappa shape index (κ1) is 19.4. The molecule has 0 fully saturated rings. The summed E-state index contributed by atoms with van der Waals surface area (Å²) < 4.78 is 15.9. The van der Waals surface area contributed by atoms with Crippen molar-refractivity contribution < 1.29 is 19.0 Å². The molecule has 0 saturated carbocycles. The van der Waals surface area contributed by atoms with Gasteiger partial charge < -0.3 is 24.8 Å². The smallest absolute Gasteiger partial charge is 0.407 e. The van der Waals surface area contributed by atoms with Crippen LogP contribution in [0.4, 0.5) is 4.79 Å². The van der Waals surface area contributed by atoms with E-state index in [1.54, 1.807) is 0 Å². The predicted octanol–water partition coefficient (Wildman–Crippen LogP) is 3.24. The van der Waals surface area contributed by atoms with Crippen molar-refractivity contribution in [3.63, 3.8) is 0 Å². The largest absolute Gasteiger partial charge is 0.454 e. The number of rotatable bonds is 8. The zero-order valence-electron chi connectivity index (χ0n) is 15.7. The SMILES string of the molecule is CC(Cc1ccc2c(c1)OCO2)NCCCCNC(=O)OC(C)(C)C. The molecule has 2 rings (SSSR count). The average molecular weight is 350 g/mol. The zero-order chi connectivity index (χ0) is 18.3. The maximum atomic E-state index is 11.5. The van der Waals surface area contributed by atoms with E-state index in [0.29, 0.717) is 19.4 Å². The number of benzene rings is 1. The van der Waals surface area contributed by atoms with Gasteiger partial charge in [0.15, 0.2) is 11.5 Å². The Hall–Kier alpha value is -1.95. The molecule has 1 atom stereocenters. The van der Waals surface area contributed by atoms with E-state index in [2.05, 4.69) is 23.6 Å². The van der Waals surface area contributed by atoms with E-state index in [4.69, 9.17) is 14.2 Å². The van der Waals surface area contributed by atoms with Gasteiger partial charge in [-0.05, 0) is 71.2 Å². The molecular formula is C19H30N2O4. The fourth-order valence-corrected chi connectivity index (χ4v) is 2.60. The highest BCUT2D eigenvalue weighted by Gasteiger charge is 2.15. The molecule has 0 saturated heterocycles. The highest BCUT2D eigenvalue weighted by atomic mass is 16.7. The molecule has 1 amide bonds. The van der Waals surface area contributed by atoms with Crippen LogP contribution in [0.3, 0.4) is 0 Å². The number of amides is 1. The van der Waals surface area contributed by atoms with Crippen LogP contribution in [0.25, 0.3) is 0 Å². The Kier molecular flexibility index (Phi) is 6.93. The lowest BCUT2D eigenvalue weighted by molar-refractivity contribution is 0.0527. The predicted molar refractivity (Wildman–Crippen MR) is 97.2 cm³/mol. The summed E-state index contributed by atoms with van der Waals surface area (Å²) in [5, 5.41) is 6.29. The van der Waals surface area contributed by atoms with Crippen molar-refractivity contribution in [3.8, 4) is 11.5 Å². The van der Waals surface area contributed by atoms with Crippen LogP contribution in [0, 0.1) is 0 Å². The van der Waals surface area contributed by atoms with Crippen molar-refractivity contribution in [1.29, 1.82) is 0 Å². The molecule has 1 aliphatic rings. The van der Waals surface area contributed by atoms with Gasteiger partial charge in [-0.25, -0.2) is 4.79 Å². The lowest BCUT2D eigenvalue weighted by atomic mass is 10.1. The third-order valence-corrected chi connectivity index (χ3v) is 3.74. The summed E-state index contributed by atoms with van der Waals surface area (Å²) in [4.78, 5) is 11.5. The number of carbonyl (C=O) groups excluding carboxylic acids is 1. The highest BCUT2D eigenvalue weighted by molar-refractivity contribution is 5.67. The number of hydrogen-bond acceptors (Lipinski definition) is 5. The molecule has 1 heterocycles. The number of alkyl carbamates (subject to hydrolysis) is 1. The van der Waals surface area contributed by atoms with Gasteiger partial charge >= 0.3 is 6.09 Å². The Labute approximate surface area is 150 Å². The standard InChI is InChI=1S/C19H30N2O4/c1-14(11-15-7-8-16-17(12-15)24-13-23-16)20-9-5-6-10-21-18(22)25-19(2,3)4/h7-8,12,14,20H,5-6,9-11,13H2,1-4H3,(H,21,22). The summed E-state index contributed by atoms with van der Waals surface area (Å²) in [6.07, 6.45) is 2.51. The van der Waals surface area contributed by atoms with Crippen LogP contribution in [-0.4, -0.2) is 37.6 Å². The van der Waals surface area contributed by atoms with Crippen molar-refractivity contribution >= 4 is 6.09 Å². The van der Waals surface area contributed by atoms with E-state index in [1.807, 2.05) is 32.9 Å². The minimum atomic E-state index is -0.449. The maximum Gasteiger partial charge on any atom is 0.407 e. The molecule has 0 radical (unpaired) electrons. The minimum Gasteiger partial charge on any atom is -0.454 e. The second kappa shape index (κ2) is 8.94. The fraction of sp³-hybridized carbons (Fsp3) is 0.632. The quantitative estimate of drug-likeness (QED) is 0.705. The van der Waals surface area contributed by atoms with Crippen LogP contribution < -0.4 is 20.1 Å². The van der Waals surface area contributed by atoms with Gasteiger partial charge in [-0.1, -0.05) is 6.07 Å². The lowest BCUT2D eigenvalue weighted by Crippen LogP contribution is -2.33. The van der Waals surface area contributed by atoms with Gasteiger partial charge in [0.25, 0.3) is 0 Å². The van der Waals surface area contributed by atoms with Crippen LogP contribution in [-0.2, 0) is 11.2 Å². The molecule has 0 bridgehead atoms. The topological polar surface area (TPSA) is 68.8 Å². The molecule has 6 nitrogen and oxygen atoms in total. The van der Waals surface area contributed by atoms with E-state index < -0.39 is 5.60 Å². The van der Waals surface area contributed by atoms with E-state index in [0.717, 1.165) is 37.3 Å². The summed E-state index contributed by atoms with van der Waals surface area (Å²) in [7, 11) is 0. The first-order valence-electron chi connectivity index (χ1n) is 8.92. The Morgan fingerprint density at radius 1 is 1.20 bits per heavy atom. The molecule has 1 aromatic rings. The van der Waals surface area contributed by atoms with Crippen molar-refractivity contribution in [2.24, 2.45) is 0 Å². The molecule has 1 aliphatic heterocycles. The first-order valence-corrected chi connectivity index (χ1v) is 8.92. The number of ether oxygens (including phenoxy) is 3. The van der Waals surface area contributed by atoms with Crippen molar-refractivity contribution in [1.82, 2.24) is 10.6 Å². The molecule has 140 valence electrons. The summed E-state index contributed by atoms with van der Waals surface area (Å²) >= 11 is 0. The van der Waals surface area contributed by atoms with E-state index in [9.17, 15) is 4.79 Å². The van der Waals surface area contributed by atoms with E-state index in [1.165, 1.54) is 5.56 Å². The van der Waals surface area contributed by atoms with Crippen molar-refractivity contribution in [2.45, 2.75) is 58.6 Å². The van der Waals surface area contributed by atoms with Gasteiger partial charge in [0, 0.05) is 12.6 Å². The van der Waals surface area contributed by atoms with Gasteiger partial charge in [-0.3, -0.25) is 0 Å². The molecule has 25 heavy (non-hydrogen) atoms. The maximum absolute atomic E-state index is 11.5. The fourth-order valence-electron chi connectivity index (χ4n) is 2.60. The second-order valence-electron chi connectivity index (χ2n) is 7.38. The Morgan fingerprint density at radius 3 is 2.68 bits per heavy atom. The molecule has 1 unspecified atom stereocenters. The normalized spacial score (nSPS) is 14.2.